The fourth-order valence-corrected chi connectivity index (χ4v) is 2.30. The Balaban J connectivity index is 1.65. The van der Waals surface area contributed by atoms with Gasteiger partial charge in [0.1, 0.15) is 11.5 Å². The van der Waals surface area contributed by atoms with Crippen molar-refractivity contribution in [3.05, 3.63) is 92.2 Å². The van der Waals surface area contributed by atoms with Gasteiger partial charge in [0.05, 0.1) is 16.1 Å². The molecule has 0 saturated heterocycles. The van der Waals surface area contributed by atoms with E-state index in [1.54, 1.807) is 24.3 Å². The lowest BCUT2D eigenvalue weighted by molar-refractivity contribution is -0.385. The number of hydrazone groups is 1. The smallest absolute Gasteiger partial charge is 0.271 e. The Morgan fingerprint density at radius 1 is 0.964 bits per heavy atom. The van der Waals surface area contributed by atoms with Crippen molar-refractivity contribution in [3.8, 4) is 11.3 Å². The van der Waals surface area contributed by atoms with E-state index in [0.717, 1.165) is 6.07 Å². The van der Waals surface area contributed by atoms with Crippen LogP contribution in [0.5, 0.6) is 0 Å². The predicted molar refractivity (Wildman–Crippen MR) is 99.0 cm³/mol. The molecular weight excluding hydrogens is 368 g/mol. The number of rotatable bonds is 6. The molecule has 3 rings (SSSR count). The summed E-state index contributed by atoms with van der Waals surface area (Å²) in [5, 5.41) is 25.2. The number of benzene rings is 2. The summed E-state index contributed by atoms with van der Waals surface area (Å²) in [7, 11) is 0. The van der Waals surface area contributed by atoms with E-state index < -0.39 is 15.8 Å². The van der Waals surface area contributed by atoms with E-state index in [9.17, 15) is 25.0 Å². The molecule has 0 aliphatic heterocycles. The van der Waals surface area contributed by atoms with Crippen LogP contribution in [0.4, 0.5) is 11.4 Å². The number of hydrogen-bond acceptors (Lipinski definition) is 7. The van der Waals surface area contributed by atoms with Crippen molar-refractivity contribution in [2.75, 3.05) is 0 Å². The minimum atomic E-state index is -0.609. The number of nitrogens with zero attached hydrogens (tertiary/aromatic N) is 3. The third-order valence-electron chi connectivity index (χ3n) is 3.67. The van der Waals surface area contributed by atoms with Gasteiger partial charge in [-0.2, -0.15) is 5.10 Å². The maximum atomic E-state index is 12.0. The second-order valence-electron chi connectivity index (χ2n) is 5.51. The highest BCUT2D eigenvalue weighted by Gasteiger charge is 2.11. The van der Waals surface area contributed by atoms with E-state index in [4.69, 9.17) is 4.42 Å². The van der Waals surface area contributed by atoms with Crippen molar-refractivity contribution < 1.29 is 19.1 Å². The molecule has 0 bridgehead atoms. The van der Waals surface area contributed by atoms with Gasteiger partial charge in [0.15, 0.2) is 0 Å². The van der Waals surface area contributed by atoms with Gasteiger partial charge in [-0.1, -0.05) is 6.07 Å². The number of carbonyl (C=O) groups is 1. The average Bonchev–Trinajstić information content (AvgIpc) is 3.17. The number of nitro benzene ring substituents is 2. The maximum absolute atomic E-state index is 12.0. The Kier molecular flexibility index (Phi) is 5.21. The Labute approximate surface area is 157 Å². The van der Waals surface area contributed by atoms with Crippen molar-refractivity contribution in [2.45, 2.75) is 0 Å². The van der Waals surface area contributed by atoms with E-state index in [1.165, 1.54) is 36.5 Å². The van der Waals surface area contributed by atoms with Crippen LogP contribution in [0.2, 0.25) is 0 Å². The zero-order valence-corrected chi connectivity index (χ0v) is 14.1. The molecule has 0 radical (unpaired) electrons. The zero-order chi connectivity index (χ0) is 20.1. The topological polar surface area (TPSA) is 141 Å². The molecule has 1 N–H and O–H groups in total. The third-order valence-corrected chi connectivity index (χ3v) is 3.67. The van der Waals surface area contributed by atoms with Crippen LogP contribution in [0.1, 0.15) is 16.1 Å². The Bertz CT molecular complexity index is 1070. The molecule has 0 unspecified atom stereocenters. The molecule has 0 saturated carbocycles. The van der Waals surface area contributed by atoms with Crippen LogP contribution in [-0.4, -0.2) is 22.0 Å². The Morgan fingerprint density at radius 2 is 1.68 bits per heavy atom. The van der Waals surface area contributed by atoms with Gasteiger partial charge >= 0.3 is 0 Å². The van der Waals surface area contributed by atoms with E-state index >= 15 is 0 Å². The summed E-state index contributed by atoms with van der Waals surface area (Å²) >= 11 is 0. The molecule has 28 heavy (non-hydrogen) atoms. The van der Waals surface area contributed by atoms with Crippen molar-refractivity contribution in [1.29, 1.82) is 0 Å². The number of carbonyl (C=O) groups excluding carboxylic acids is 1. The highest BCUT2D eigenvalue weighted by atomic mass is 16.6. The van der Waals surface area contributed by atoms with Gasteiger partial charge in [0, 0.05) is 35.4 Å². The lowest BCUT2D eigenvalue weighted by Crippen LogP contribution is -2.17. The zero-order valence-electron chi connectivity index (χ0n) is 14.1. The van der Waals surface area contributed by atoms with Gasteiger partial charge in [-0.15, -0.1) is 0 Å². The first kappa shape index (κ1) is 18.5. The normalized spacial score (nSPS) is 10.7. The van der Waals surface area contributed by atoms with Crippen LogP contribution in [0, 0.1) is 20.2 Å². The standard InChI is InChI=1S/C18H12N4O6/c23-18(13-2-1-3-15(10-13)22(26)27)20-19-11-16-8-9-17(28-16)12-4-6-14(7-5-12)21(24)25/h1-11H,(H,20,23)/b19-11+. The summed E-state index contributed by atoms with van der Waals surface area (Å²) in [6, 6.07) is 14.4. The molecule has 2 aromatic carbocycles. The van der Waals surface area contributed by atoms with Gasteiger partial charge in [0.25, 0.3) is 17.3 Å². The van der Waals surface area contributed by atoms with Gasteiger partial charge in [-0.3, -0.25) is 25.0 Å². The van der Waals surface area contributed by atoms with E-state index in [-0.39, 0.29) is 16.9 Å². The molecule has 0 aliphatic rings. The van der Waals surface area contributed by atoms with Crippen molar-refractivity contribution in [2.24, 2.45) is 5.10 Å². The maximum Gasteiger partial charge on any atom is 0.271 e. The van der Waals surface area contributed by atoms with Gasteiger partial charge in [-0.25, -0.2) is 5.43 Å². The molecular formula is C18H12N4O6. The fourth-order valence-electron chi connectivity index (χ4n) is 2.30. The first-order valence-corrected chi connectivity index (χ1v) is 7.86. The molecule has 0 atom stereocenters. The first-order valence-electron chi connectivity index (χ1n) is 7.86. The van der Waals surface area contributed by atoms with Crippen LogP contribution < -0.4 is 5.43 Å². The fraction of sp³-hybridized carbons (Fsp3) is 0. The van der Waals surface area contributed by atoms with Crippen molar-refractivity contribution in [1.82, 2.24) is 5.43 Å². The molecule has 1 heterocycles. The van der Waals surface area contributed by atoms with E-state index in [2.05, 4.69) is 10.5 Å². The highest BCUT2D eigenvalue weighted by Crippen LogP contribution is 2.24. The molecule has 3 aromatic rings. The average molecular weight is 380 g/mol. The number of amides is 1. The molecule has 1 amide bonds. The molecule has 10 heteroatoms. The van der Waals surface area contributed by atoms with E-state index in [0.29, 0.717) is 17.1 Å². The quantitative estimate of drug-likeness (QED) is 0.394. The summed E-state index contributed by atoms with van der Waals surface area (Å²) in [4.78, 5) is 32.3. The third kappa shape index (κ3) is 4.25. The van der Waals surface area contributed by atoms with Crippen LogP contribution in [0.3, 0.4) is 0 Å². The van der Waals surface area contributed by atoms with Crippen LogP contribution in [0.15, 0.2) is 70.2 Å². The SMILES string of the molecule is O=C(N/N=C/c1ccc(-c2ccc([N+](=O)[O-])cc2)o1)c1cccc([N+](=O)[O-])c1. The number of hydrogen-bond donors (Lipinski definition) is 1. The van der Waals surface area contributed by atoms with Crippen LogP contribution >= 0.6 is 0 Å². The first-order chi connectivity index (χ1) is 13.4. The molecule has 1 aromatic heterocycles. The van der Waals surface area contributed by atoms with Gasteiger partial charge in [-0.05, 0) is 30.3 Å². The monoisotopic (exact) mass is 380 g/mol. The lowest BCUT2D eigenvalue weighted by Gasteiger charge is -1.99. The summed E-state index contributed by atoms with van der Waals surface area (Å²) in [6.45, 7) is 0. The number of non-ortho nitro benzene ring substituents is 2. The second-order valence-corrected chi connectivity index (χ2v) is 5.51. The van der Waals surface area contributed by atoms with Crippen molar-refractivity contribution in [3.63, 3.8) is 0 Å². The largest absolute Gasteiger partial charge is 0.455 e. The molecule has 0 fully saturated rings. The minimum Gasteiger partial charge on any atom is -0.455 e. The number of nitrogens with one attached hydrogen (secondary N) is 1. The molecule has 0 aliphatic carbocycles. The highest BCUT2D eigenvalue weighted by molar-refractivity contribution is 5.95. The summed E-state index contributed by atoms with van der Waals surface area (Å²) in [5.74, 6) is 0.205. The van der Waals surface area contributed by atoms with E-state index in [1.807, 2.05) is 0 Å². The van der Waals surface area contributed by atoms with Gasteiger partial charge < -0.3 is 4.42 Å². The van der Waals surface area contributed by atoms with Crippen LogP contribution in [-0.2, 0) is 0 Å². The summed E-state index contributed by atoms with van der Waals surface area (Å²) in [6.07, 6.45) is 1.27. The minimum absolute atomic E-state index is 0.0269. The Hall–Kier alpha value is -4.34. The summed E-state index contributed by atoms with van der Waals surface area (Å²) < 4.78 is 5.55. The van der Waals surface area contributed by atoms with Gasteiger partial charge in [0.2, 0.25) is 0 Å². The predicted octanol–water partition coefficient (Wildman–Crippen LogP) is 3.53. The molecule has 10 nitrogen and oxygen atoms in total. The molecule has 0 spiro atoms. The van der Waals surface area contributed by atoms with Crippen LogP contribution in [0.25, 0.3) is 11.3 Å². The lowest BCUT2D eigenvalue weighted by atomic mass is 10.1. The number of nitro groups is 2. The Morgan fingerprint density at radius 3 is 2.36 bits per heavy atom. The number of furan rings is 1. The van der Waals surface area contributed by atoms with Crippen molar-refractivity contribution >= 4 is 23.5 Å². The summed E-state index contributed by atoms with van der Waals surface area (Å²) in [5.41, 5.74) is 2.77. The second kappa shape index (κ2) is 7.91. The molecule has 140 valence electrons.